The van der Waals surface area contributed by atoms with E-state index in [1.165, 1.54) is 0 Å². The Kier molecular flexibility index (Phi) is 5.72. The molecular formula is C21H19N3O2. The first-order valence-electron chi connectivity index (χ1n) is 8.32. The smallest absolute Gasteiger partial charge is 0.251 e. The molecule has 1 heterocycles. The van der Waals surface area contributed by atoms with Crippen LogP contribution in [0, 0.1) is 0 Å². The molecule has 0 spiro atoms. The summed E-state index contributed by atoms with van der Waals surface area (Å²) in [4.78, 5) is 28.8. The van der Waals surface area contributed by atoms with Crippen molar-refractivity contribution in [1.29, 1.82) is 0 Å². The standard InChI is InChI=1S/C21H19N3O2/c25-19(15-23-21(26)17-11-5-2-6-12-17)24-20(16-9-3-1-4-10-16)18-13-7-8-14-22-18/h1-14,20H,15H2,(H,23,26)(H,24,25). The molecule has 1 aromatic heterocycles. The van der Waals surface area contributed by atoms with Gasteiger partial charge in [-0.15, -0.1) is 0 Å². The van der Waals surface area contributed by atoms with E-state index in [0.717, 1.165) is 11.3 Å². The lowest BCUT2D eigenvalue weighted by molar-refractivity contribution is -0.120. The zero-order valence-corrected chi connectivity index (χ0v) is 14.1. The second-order valence-corrected chi connectivity index (χ2v) is 5.71. The lowest BCUT2D eigenvalue weighted by atomic mass is 10.0. The third-order valence-corrected chi connectivity index (χ3v) is 3.87. The highest BCUT2D eigenvalue weighted by Crippen LogP contribution is 2.19. The van der Waals surface area contributed by atoms with Crippen LogP contribution in [0.5, 0.6) is 0 Å². The molecule has 0 aliphatic carbocycles. The van der Waals surface area contributed by atoms with E-state index >= 15 is 0 Å². The van der Waals surface area contributed by atoms with Crippen LogP contribution in [0.25, 0.3) is 0 Å². The van der Waals surface area contributed by atoms with Crippen LogP contribution in [0.2, 0.25) is 0 Å². The summed E-state index contributed by atoms with van der Waals surface area (Å²) in [6, 6.07) is 23.6. The van der Waals surface area contributed by atoms with Crippen LogP contribution >= 0.6 is 0 Å². The van der Waals surface area contributed by atoms with Gasteiger partial charge in [0.2, 0.25) is 5.91 Å². The highest BCUT2D eigenvalue weighted by molar-refractivity contribution is 5.96. The van der Waals surface area contributed by atoms with Gasteiger partial charge in [0.25, 0.3) is 5.91 Å². The van der Waals surface area contributed by atoms with Crippen LogP contribution in [0.1, 0.15) is 27.7 Å². The number of nitrogens with one attached hydrogen (secondary N) is 2. The largest absolute Gasteiger partial charge is 0.343 e. The van der Waals surface area contributed by atoms with Crippen molar-refractivity contribution in [3.8, 4) is 0 Å². The number of hydrogen-bond acceptors (Lipinski definition) is 3. The molecule has 26 heavy (non-hydrogen) atoms. The van der Waals surface area contributed by atoms with Crippen molar-refractivity contribution in [2.45, 2.75) is 6.04 Å². The molecule has 1 atom stereocenters. The average molecular weight is 345 g/mol. The molecule has 3 rings (SSSR count). The highest BCUT2D eigenvalue weighted by atomic mass is 16.2. The minimum atomic E-state index is -0.376. The first-order chi connectivity index (χ1) is 12.7. The Morgan fingerprint density at radius 1 is 0.846 bits per heavy atom. The fraction of sp³-hybridized carbons (Fsp3) is 0.0952. The number of carbonyl (C=O) groups excluding carboxylic acids is 2. The van der Waals surface area contributed by atoms with Crippen LogP contribution in [-0.2, 0) is 4.79 Å². The van der Waals surface area contributed by atoms with E-state index in [1.807, 2.05) is 54.6 Å². The molecule has 3 aromatic rings. The van der Waals surface area contributed by atoms with Crippen molar-refractivity contribution in [3.05, 3.63) is 102 Å². The van der Waals surface area contributed by atoms with Gasteiger partial charge in [-0.05, 0) is 29.8 Å². The number of carbonyl (C=O) groups is 2. The molecule has 0 aliphatic rings. The van der Waals surface area contributed by atoms with Crippen LogP contribution in [0.4, 0.5) is 0 Å². The Hall–Kier alpha value is -3.47. The Morgan fingerprint density at radius 3 is 2.15 bits per heavy atom. The number of amides is 2. The number of nitrogens with zero attached hydrogens (tertiary/aromatic N) is 1. The SMILES string of the molecule is O=C(CNC(=O)c1ccccc1)NC(c1ccccc1)c1ccccn1. The van der Waals surface area contributed by atoms with Crippen LogP contribution in [0.15, 0.2) is 85.1 Å². The predicted molar refractivity (Wildman–Crippen MR) is 99.4 cm³/mol. The average Bonchev–Trinajstić information content (AvgIpc) is 2.72. The van der Waals surface area contributed by atoms with Gasteiger partial charge in [0.15, 0.2) is 0 Å². The van der Waals surface area contributed by atoms with E-state index in [1.54, 1.807) is 30.5 Å². The monoisotopic (exact) mass is 345 g/mol. The number of hydrogen-bond donors (Lipinski definition) is 2. The Balaban J connectivity index is 1.67. The van der Waals surface area contributed by atoms with Gasteiger partial charge in [-0.1, -0.05) is 54.6 Å². The van der Waals surface area contributed by atoms with Crippen molar-refractivity contribution in [3.63, 3.8) is 0 Å². The van der Waals surface area contributed by atoms with Gasteiger partial charge in [0, 0.05) is 11.8 Å². The van der Waals surface area contributed by atoms with Crippen molar-refractivity contribution >= 4 is 11.8 Å². The van der Waals surface area contributed by atoms with Gasteiger partial charge in [0.05, 0.1) is 18.3 Å². The van der Waals surface area contributed by atoms with E-state index in [2.05, 4.69) is 15.6 Å². The van der Waals surface area contributed by atoms with Crippen LogP contribution in [-0.4, -0.2) is 23.3 Å². The fourth-order valence-electron chi connectivity index (χ4n) is 2.58. The second kappa shape index (κ2) is 8.58. The number of aromatic nitrogens is 1. The molecule has 5 heteroatoms. The molecule has 0 fully saturated rings. The zero-order chi connectivity index (χ0) is 18.2. The molecule has 130 valence electrons. The molecule has 2 amide bonds. The molecule has 0 radical (unpaired) electrons. The summed E-state index contributed by atoms with van der Waals surface area (Å²) in [5.41, 5.74) is 2.18. The quantitative estimate of drug-likeness (QED) is 0.722. The lowest BCUT2D eigenvalue weighted by Gasteiger charge is -2.19. The van der Waals surface area contributed by atoms with Gasteiger partial charge in [0.1, 0.15) is 0 Å². The lowest BCUT2D eigenvalue weighted by Crippen LogP contribution is -2.39. The maximum Gasteiger partial charge on any atom is 0.251 e. The van der Waals surface area contributed by atoms with Crippen LogP contribution < -0.4 is 10.6 Å². The van der Waals surface area contributed by atoms with E-state index < -0.39 is 0 Å². The first-order valence-corrected chi connectivity index (χ1v) is 8.32. The maximum atomic E-state index is 12.4. The molecular weight excluding hydrogens is 326 g/mol. The molecule has 2 aromatic carbocycles. The molecule has 2 N–H and O–H groups in total. The van der Waals surface area contributed by atoms with E-state index in [0.29, 0.717) is 5.56 Å². The molecule has 5 nitrogen and oxygen atoms in total. The van der Waals surface area contributed by atoms with Gasteiger partial charge in [-0.2, -0.15) is 0 Å². The third kappa shape index (κ3) is 4.54. The number of benzene rings is 2. The minimum absolute atomic E-state index is 0.107. The van der Waals surface area contributed by atoms with Gasteiger partial charge < -0.3 is 10.6 Å². The number of rotatable bonds is 6. The summed E-state index contributed by atoms with van der Waals surface area (Å²) in [6.07, 6.45) is 1.69. The van der Waals surface area contributed by atoms with E-state index in [4.69, 9.17) is 0 Å². The van der Waals surface area contributed by atoms with Crippen LogP contribution in [0.3, 0.4) is 0 Å². The van der Waals surface area contributed by atoms with E-state index in [9.17, 15) is 9.59 Å². The van der Waals surface area contributed by atoms with Crippen molar-refractivity contribution < 1.29 is 9.59 Å². The Labute approximate surface area is 152 Å². The second-order valence-electron chi connectivity index (χ2n) is 5.71. The third-order valence-electron chi connectivity index (χ3n) is 3.87. The van der Waals surface area contributed by atoms with Crippen molar-refractivity contribution in [2.75, 3.05) is 6.54 Å². The summed E-state index contributed by atoms with van der Waals surface area (Å²) in [7, 11) is 0. The highest BCUT2D eigenvalue weighted by Gasteiger charge is 2.18. The summed E-state index contributed by atoms with van der Waals surface area (Å²) < 4.78 is 0. The Bertz CT molecular complexity index is 813. The van der Waals surface area contributed by atoms with Gasteiger partial charge >= 0.3 is 0 Å². The zero-order valence-electron chi connectivity index (χ0n) is 14.1. The molecule has 1 unspecified atom stereocenters. The maximum absolute atomic E-state index is 12.4. The Morgan fingerprint density at radius 2 is 1.50 bits per heavy atom. The summed E-state index contributed by atoms with van der Waals surface area (Å²) in [5.74, 6) is -0.566. The van der Waals surface area contributed by atoms with Gasteiger partial charge in [-0.3, -0.25) is 14.6 Å². The normalized spacial score (nSPS) is 11.4. The fourth-order valence-corrected chi connectivity index (χ4v) is 2.58. The summed E-state index contributed by atoms with van der Waals surface area (Å²) in [6.45, 7) is -0.107. The molecule has 0 aliphatic heterocycles. The number of pyridine rings is 1. The summed E-state index contributed by atoms with van der Waals surface area (Å²) in [5, 5.41) is 5.58. The van der Waals surface area contributed by atoms with Gasteiger partial charge in [-0.25, -0.2) is 0 Å². The van der Waals surface area contributed by atoms with Crippen molar-refractivity contribution in [2.24, 2.45) is 0 Å². The van der Waals surface area contributed by atoms with E-state index in [-0.39, 0.29) is 24.4 Å². The minimum Gasteiger partial charge on any atom is -0.343 e. The molecule has 0 saturated carbocycles. The predicted octanol–water partition coefficient (Wildman–Crippen LogP) is 2.72. The summed E-state index contributed by atoms with van der Waals surface area (Å²) >= 11 is 0. The molecule has 0 saturated heterocycles. The molecule has 0 bridgehead atoms. The van der Waals surface area contributed by atoms with Crippen molar-refractivity contribution in [1.82, 2.24) is 15.6 Å². The topological polar surface area (TPSA) is 71.1 Å². The first kappa shape index (κ1) is 17.4.